The lowest BCUT2D eigenvalue weighted by molar-refractivity contribution is -0.134. The topological polar surface area (TPSA) is 95.3 Å². The van der Waals surface area contributed by atoms with Crippen LogP contribution in [-0.2, 0) is 10.2 Å². The maximum absolute atomic E-state index is 10.7. The van der Waals surface area contributed by atoms with Crippen LogP contribution in [0.15, 0.2) is 30.6 Å². The Morgan fingerprint density at radius 1 is 1.13 bits per heavy atom. The standard InChI is InChI=1S/C23H29N3O3.C2H6/c1-14-5-15-7-16(6-14)10-23(2,9-15)19-8-17(3-4-20(19)27)22-25-11-18(12-26-22)24-13-21(28)29;1-2/h3-4,8,11-12,14-16,24,27H,5-7,9-10,13H2,1-2H3,(H,28,29);1-2H3. The maximum Gasteiger partial charge on any atom is 0.322 e. The number of anilines is 1. The monoisotopic (exact) mass is 425 g/mol. The molecule has 2 atom stereocenters. The van der Waals surface area contributed by atoms with E-state index in [0.717, 1.165) is 41.7 Å². The summed E-state index contributed by atoms with van der Waals surface area (Å²) in [5, 5.41) is 22.2. The minimum Gasteiger partial charge on any atom is -0.508 e. The number of hydrogen-bond acceptors (Lipinski definition) is 5. The SMILES string of the molecule is CC.CC1CC2CC(C1)CC(C)(c1cc(-c3ncc(NCC(=O)O)cn3)ccc1O)C2. The molecule has 3 N–H and O–H groups in total. The molecule has 4 rings (SSSR count). The van der Waals surface area contributed by atoms with E-state index < -0.39 is 5.97 Å². The number of carboxylic acids is 1. The molecule has 1 heterocycles. The first kappa shape index (κ1) is 23.0. The van der Waals surface area contributed by atoms with Gasteiger partial charge in [0.2, 0.25) is 0 Å². The number of hydrogen-bond donors (Lipinski definition) is 3. The van der Waals surface area contributed by atoms with Crippen molar-refractivity contribution in [1.29, 1.82) is 0 Å². The quantitative estimate of drug-likeness (QED) is 0.587. The van der Waals surface area contributed by atoms with Gasteiger partial charge in [0.15, 0.2) is 5.82 Å². The molecular weight excluding hydrogens is 390 g/mol. The molecule has 0 amide bonds. The molecule has 1 aromatic carbocycles. The second-order valence-electron chi connectivity index (χ2n) is 9.29. The number of aliphatic carboxylic acids is 1. The highest BCUT2D eigenvalue weighted by molar-refractivity contribution is 5.72. The minimum absolute atomic E-state index is 0.0310. The Labute approximate surface area is 185 Å². The average molecular weight is 426 g/mol. The first-order chi connectivity index (χ1) is 14.8. The van der Waals surface area contributed by atoms with Gasteiger partial charge in [0.05, 0.1) is 18.1 Å². The molecule has 2 unspecified atom stereocenters. The number of benzene rings is 1. The van der Waals surface area contributed by atoms with Crippen LogP contribution >= 0.6 is 0 Å². The van der Waals surface area contributed by atoms with Gasteiger partial charge in [0.25, 0.3) is 0 Å². The summed E-state index contributed by atoms with van der Waals surface area (Å²) in [6, 6.07) is 5.63. The summed E-state index contributed by atoms with van der Waals surface area (Å²) in [6.45, 7) is 8.48. The second kappa shape index (κ2) is 9.67. The second-order valence-corrected chi connectivity index (χ2v) is 9.29. The summed E-state index contributed by atoms with van der Waals surface area (Å²) < 4.78 is 0. The molecule has 2 bridgehead atoms. The van der Waals surface area contributed by atoms with Gasteiger partial charge in [0.1, 0.15) is 12.3 Å². The molecule has 0 radical (unpaired) electrons. The molecular formula is C25H35N3O3. The van der Waals surface area contributed by atoms with Gasteiger partial charge in [-0.2, -0.15) is 0 Å². The third-order valence-corrected chi connectivity index (χ3v) is 6.62. The molecule has 2 aliphatic rings. The normalized spacial score (nSPS) is 27.0. The van der Waals surface area contributed by atoms with Crippen LogP contribution in [0.2, 0.25) is 0 Å². The number of phenols is 1. The zero-order valence-corrected chi connectivity index (χ0v) is 19.1. The molecule has 0 aliphatic heterocycles. The van der Waals surface area contributed by atoms with Gasteiger partial charge >= 0.3 is 5.97 Å². The number of carboxylic acid groups (broad SMARTS) is 1. The summed E-state index contributed by atoms with van der Waals surface area (Å²) in [4.78, 5) is 19.4. The summed E-state index contributed by atoms with van der Waals surface area (Å²) in [6.07, 6.45) is 9.32. The van der Waals surface area contributed by atoms with Crippen LogP contribution < -0.4 is 5.32 Å². The third-order valence-electron chi connectivity index (χ3n) is 6.62. The van der Waals surface area contributed by atoms with Gasteiger partial charge in [-0.1, -0.05) is 27.7 Å². The fourth-order valence-electron chi connectivity index (χ4n) is 5.71. The van der Waals surface area contributed by atoms with Crippen molar-refractivity contribution in [2.24, 2.45) is 17.8 Å². The van der Waals surface area contributed by atoms with E-state index in [2.05, 4.69) is 29.1 Å². The van der Waals surface area contributed by atoms with Crippen LogP contribution in [0.1, 0.15) is 65.4 Å². The molecule has 2 aromatic rings. The number of fused-ring (bicyclic) bond motifs is 2. The number of rotatable bonds is 5. The summed E-state index contributed by atoms with van der Waals surface area (Å²) >= 11 is 0. The van der Waals surface area contributed by atoms with E-state index in [1.165, 1.54) is 19.3 Å². The van der Waals surface area contributed by atoms with Crippen molar-refractivity contribution in [1.82, 2.24) is 9.97 Å². The number of nitrogens with one attached hydrogen (secondary N) is 1. The smallest absolute Gasteiger partial charge is 0.322 e. The molecule has 0 saturated heterocycles. The Kier molecular flexibility index (Phi) is 7.19. The van der Waals surface area contributed by atoms with Crippen LogP contribution in [0.25, 0.3) is 11.4 Å². The van der Waals surface area contributed by atoms with Gasteiger partial charge < -0.3 is 15.5 Å². The molecule has 31 heavy (non-hydrogen) atoms. The van der Waals surface area contributed by atoms with Crippen LogP contribution in [0.5, 0.6) is 5.75 Å². The van der Waals surface area contributed by atoms with Crippen molar-refractivity contribution in [2.75, 3.05) is 11.9 Å². The number of aromatic hydroxyl groups is 1. The average Bonchev–Trinajstić information content (AvgIpc) is 2.73. The predicted octanol–water partition coefficient (Wildman–Crippen LogP) is 5.48. The first-order valence-corrected chi connectivity index (χ1v) is 11.4. The molecule has 0 spiro atoms. The van der Waals surface area contributed by atoms with E-state index in [1.54, 1.807) is 18.5 Å². The van der Waals surface area contributed by atoms with Crippen molar-refractivity contribution >= 4 is 11.7 Å². The van der Waals surface area contributed by atoms with Gasteiger partial charge in [-0.05, 0) is 73.5 Å². The van der Waals surface area contributed by atoms with Gasteiger partial charge in [-0.3, -0.25) is 4.79 Å². The van der Waals surface area contributed by atoms with Crippen molar-refractivity contribution in [2.45, 2.75) is 65.2 Å². The van der Waals surface area contributed by atoms with Crippen molar-refractivity contribution in [3.63, 3.8) is 0 Å². The van der Waals surface area contributed by atoms with E-state index in [0.29, 0.717) is 17.3 Å². The highest BCUT2D eigenvalue weighted by Crippen LogP contribution is 2.53. The van der Waals surface area contributed by atoms with Crippen molar-refractivity contribution < 1.29 is 15.0 Å². The lowest BCUT2D eigenvalue weighted by atomic mass is 9.57. The van der Waals surface area contributed by atoms with E-state index in [-0.39, 0.29) is 12.0 Å². The van der Waals surface area contributed by atoms with Crippen LogP contribution in [0, 0.1) is 17.8 Å². The number of phenolic OH excluding ortho intramolecular Hbond substituents is 1. The Morgan fingerprint density at radius 2 is 1.74 bits per heavy atom. The number of carbonyl (C=O) groups is 1. The fourth-order valence-corrected chi connectivity index (χ4v) is 5.71. The first-order valence-electron chi connectivity index (χ1n) is 11.4. The van der Waals surface area contributed by atoms with E-state index in [4.69, 9.17) is 5.11 Å². The number of nitrogens with zero attached hydrogens (tertiary/aromatic N) is 2. The minimum atomic E-state index is -0.933. The van der Waals surface area contributed by atoms with Crippen molar-refractivity contribution in [3.05, 3.63) is 36.2 Å². The van der Waals surface area contributed by atoms with E-state index in [1.807, 2.05) is 26.0 Å². The molecule has 1 aromatic heterocycles. The molecule has 6 heteroatoms. The summed E-state index contributed by atoms with van der Waals surface area (Å²) in [5.74, 6) is 2.27. The Bertz CT molecular complexity index is 879. The zero-order chi connectivity index (χ0) is 22.6. The summed E-state index contributed by atoms with van der Waals surface area (Å²) in [7, 11) is 0. The lowest BCUT2D eigenvalue weighted by Crippen LogP contribution is -2.38. The molecule has 2 aliphatic carbocycles. The van der Waals surface area contributed by atoms with Gasteiger partial charge in [-0.15, -0.1) is 0 Å². The molecule has 2 saturated carbocycles. The maximum atomic E-state index is 10.7. The predicted molar refractivity (Wildman–Crippen MR) is 123 cm³/mol. The highest BCUT2D eigenvalue weighted by atomic mass is 16.4. The van der Waals surface area contributed by atoms with Crippen LogP contribution in [0.3, 0.4) is 0 Å². The largest absolute Gasteiger partial charge is 0.508 e. The third kappa shape index (κ3) is 5.35. The Balaban J connectivity index is 0.00000132. The molecule has 6 nitrogen and oxygen atoms in total. The van der Waals surface area contributed by atoms with Gasteiger partial charge in [0, 0.05) is 11.1 Å². The van der Waals surface area contributed by atoms with Gasteiger partial charge in [-0.25, -0.2) is 9.97 Å². The van der Waals surface area contributed by atoms with E-state index >= 15 is 0 Å². The van der Waals surface area contributed by atoms with Crippen molar-refractivity contribution in [3.8, 4) is 17.1 Å². The Morgan fingerprint density at radius 3 is 2.32 bits per heavy atom. The molecule has 2 fully saturated rings. The van der Waals surface area contributed by atoms with Crippen LogP contribution in [-0.4, -0.2) is 32.7 Å². The number of aromatic nitrogens is 2. The fraction of sp³-hybridized carbons (Fsp3) is 0.560. The lowest BCUT2D eigenvalue weighted by Gasteiger charge is -2.47. The Hall–Kier alpha value is -2.63. The van der Waals surface area contributed by atoms with E-state index in [9.17, 15) is 9.90 Å². The highest BCUT2D eigenvalue weighted by Gasteiger charge is 2.43. The summed E-state index contributed by atoms with van der Waals surface area (Å²) in [5.41, 5.74) is 2.40. The van der Waals surface area contributed by atoms with Crippen LogP contribution in [0.4, 0.5) is 5.69 Å². The zero-order valence-electron chi connectivity index (χ0n) is 19.1. The molecule has 168 valence electrons.